The molecule has 1 aromatic heterocycles. The quantitative estimate of drug-likeness (QED) is 0.234. The second-order valence-electron chi connectivity index (χ2n) is 8.64. The molecule has 0 fully saturated rings. The monoisotopic (exact) mass is 529 g/mol. The van der Waals surface area contributed by atoms with Crippen LogP contribution in [0.3, 0.4) is 0 Å². The summed E-state index contributed by atoms with van der Waals surface area (Å²) in [6.07, 6.45) is 2.36. The number of ether oxygens (including phenoxy) is 2. The van der Waals surface area contributed by atoms with E-state index in [-0.39, 0.29) is 12.2 Å². The van der Waals surface area contributed by atoms with E-state index >= 15 is 0 Å². The van der Waals surface area contributed by atoms with Gasteiger partial charge in [-0.2, -0.15) is 0 Å². The van der Waals surface area contributed by atoms with Crippen molar-refractivity contribution in [2.45, 2.75) is 33.1 Å². The van der Waals surface area contributed by atoms with Crippen molar-refractivity contribution in [2.75, 3.05) is 25.1 Å². The number of carbonyl (C=O) groups excluding carboxylic acids is 5. The van der Waals surface area contributed by atoms with Crippen LogP contribution in [0.15, 0.2) is 18.2 Å². The summed E-state index contributed by atoms with van der Waals surface area (Å²) in [5.74, 6) is -3.75. The number of carbonyl (C=O) groups is 5. The van der Waals surface area contributed by atoms with Gasteiger partial charge in [0.1, 0.15) is 17.1 Å². The Morgan fingerprint density at radius 2 is 1.97 bits per heavy atom. The second-order valence-corrected chi connectivity index (χ2v) is 9.74. The molecule has 1 aromatic carbocycles. The SMILES string of the molecule is CCOC(=O)c1c(NC(=O)COC(=O)CN2C(=O)c3cccc([N+](=O)[O-])c3C2=O)sc2c1CC[C@@H](C)C2. The smallest absolute Gasteiger partial charge is 0.341 e. The van der Waals surface area contributed by atoms with E-state index in [0.29, 0.717) is 27.8 Å². The van der Waals surface area contributed by atoms with Gasteiger partial charge in [-0.3, -0.25) is 34.2 Å². The summed E-state index contributed by atoms with van der Waals surface area (Å²) in [5.41, 5.74) is 0.0314. The lowest BCUT2D eigenvalue weighted by atomic mass is 9.88. The third-order valence-electron chi connectivity index (χ3n) is 6.07. The summed E-state index contributed by atoms with van der Waals surface area (Å²) in [6.45, 7) is 2.41. The van der Waals surface area contributed by atoms with E-state index in [9.17, 15) is 34.1 Å². The number of hydrogen-bond acceptors (Lipinski definition) is 10. The number of imide groups is 1. The Kier molecular flexibility index (Phi) is 7.34. The number of rotatable bonds is 8. The van der Waals surface area contributed by atoms with E-state index in [1.54, 1.807) is 6.92 Å². The Bertz CT molecular complexity index is 1330. The molecule has 12 nitrogen and oxygen atoms in total. The molecule has 1 aliphatic heterocycles. The highest BCUT2D eigenvalue weighted by molar-refractivity contribution is 7.17. The average molecular weight is 530 g/mol. The molecule has 194 valence electrons. The van der Waals surface area contributed by atoms with Crippen molar-refractivity contribution >= 4 is 51.7 Å². The zero-order valence-corrected chi connectivity index (χ0v) is 20.8. The summed E-state index contributed by atoms with van der Waals surface area (Å²) in [4.78, 5) is 74.5. The van der Waals surface area contributed by atoms with Gasteiger partial charge in [0.2, 0.25) is 0 Å². The fourth-order valence-corrected chi connectivity index (χ4v) is 5.77. The van der Waals surface area contributed by atoms with Crippen LogP contribution in [-0.2, 0) is 31.9 Å². The molecule has 1 N–H and O–H groups in total. The molecule has 13 heteroatoms. The van der Waals surface area contributed by atoms with Crippen molar-refractivity contribution < 1.29 is 38.4 Å². The Labute approximate surface area is 214 Å². The summed E-state index contributed by atoms with van der Waals surface area (Å²) < 4.78 is 10.1. The van der Waals surface area contributed by atoms with Crippen molar-refractivity contribution in [3.8, 4) is 0 Å². The number of nitro benzene ring substituents is 1. The summed E-state index contributed by atoms with van der Waals surface area (Å²) in [7, 11) is 0. The number of nitrogens with one attached hydrogen (secondary N) is 1. The van der Waals surface area contributed by atoms with E-state index in [4.69, 9.17) is 9.47 Å². The first-order valence-corrected chi connectivity index (χ1v) is 12.3. The number of anilines is 1. The van der Waals surface area contributed by atoms with Crippen molar-refractivity contribution in [3.63, 3.8) is 0 Å². The zero-order valence-electron chi connectivity index (χ0n) is 20.0. The van der Waals surface area contributed by atoms with Gasteiger partial charge < -0.3 is 14.8 Å². The Hall–Kier alpha value is -4.13. The summed E-state index contributed by atoms with van der Waals surface area (Å²) >= 11 is 1.28. The third-order valence-corrected chi connectivity index (χ3v) is 7.24. The highest BCUT2D eigenvalue weighted by Gasteiger charge is 2.42. The van der Waals surface area contributed by atoms with Crippen molar-refractivity contribution in [3.05, 3.63) is 55.4 Å². The molecule has 0 unspecified atom stereocenters. The first kappa shape index (κ1) is 25.9. The molecule has 1 aliphatic carbocycles. The predicted octanol–water partition coefficient (Wildman–Crippen LogP) is 2.74. The van der Waals surface area contributed by atoms with Crippen molar-refractivity contribution in [2.24, 2.45) is 5.92 Å². The van der Waals surface area contributed by atoms with Crippen LogP contribution in [0.2, 0.25) is 0 Å². The molecule has 3 amide bonds. The highest BCUT2D eigenvalue weighted by atomic mass is 32.1. The maximum Gasteiger partial charge on any atom is 0.341 e. The van der Waals surface area contributed by atoms with Gasteiger partial charge >= 0.3 is 11.9 Å². The van der Waals surface area contributed by atoms with Crippen molar-refractivity contribution in [1.82, 2.24) is 4.90 Å². The summed E-state index contributed by atoms with van der Waals surface area (Å²) in [6, 6.07) is 3.61. The number of esters is 2. The molecule has 0 saturated carbocycles. The lowest BCUT2D eigenvalue weighted by Gasteiger charge is -2.18. The highest BCUT2D eigenvalue weighted by Crippen LogP contribution is 2.40. The van der Waals surface area contributed by atoms with Crippen LogP contribution in [0.25, 0.3) is 0 Å². The Balaban J connectivity index is 1.40. The van der Waals surface area contributed by atoms with E-state index in [1.807, 2.05) is 0 Å². The molecule has 2 heterocycles. The number of nitro groups is 1. The second kappa shape index (κ2) is 10.5. The van der Waals surface area contributed by atoms with Gasteiger partial charge in [0.25, 0.3) is 23.4 Å². The van der Waals surface area contributed by atoms with Gasteiger partial charge in [-0.1, -0.05) is 13.0 Å². The van der Waals surface area contributed by atoms with Crippen LogP contribution >= 0.6 is 11.3 Å². The van der Waals surface area contributed by atoms with Crippen LogP contribution in [0.4, 0.5) is 10.7 Å². The lowest BCUT2D eigenvalue weighted by molar-refractivity contribution is -0.385. The van der Waals surface area contributed by atoms with Crippen molar-refractivity contribution in [1.29, 1.82) is 0 Å². The molecule has 0 saturated heterocycles. The van der Waals surface area contributed by atoms with Gasteiger partial charge in [0.15, 0.2) is 6.61 Å². The van der Waals surface area contributed by atoms with Gasteiger partial charge in [-0.25, -0.2) is 4.79 Å². The molecule has 2 aliphatic rings. The molecule has 0 bridgehead atoms. The van der Waals surface area contributed by atoms with Crippen LogP contribution in [0, 0.1) is 16.0 Å². The van der Waals surface area contributed by atoms with Gasteiger partial charge in [-0.05, 0) is 43.7 Å². The standard InChI is InChI=1S/C24H23N3O9S/c1-3-35-24(32)20-13-8-7-12(2)9-16(13)37-21(20)25-17(28)11-36-18(29)10-26-22(30)14-5-4-6-15(27(33)34)19(14)23(26)31/h4-6,12H,3,7-11H2,1-2H3,(H,25,28)/t12-/m1/s1. The van der Waals surface area contributed by atoms with E-state index in [2.05, 4.69) is 12.2 Å². The molecule has 1 atom stereocenters. The number of amides is 3. The van der Waals surface area contributed by atoms with Crippen LogP contribution < -0.4 is 5.32 Å². The number of nitrogens with zero attached hydrogens (tertiary/aromatic N) is 2. The van der Waals surface area contributed by atoms with Gasteiger partial charge in [0.05, 0.1) is 22.7 Å². The van der Waals surface area contributed by atoms with Gasteiger partial charge in [0, 0.05) is 10.9 Å². The number of hydrogen-bond donors (Lipinski definition) is 1. The minimum Gasteiger partial charge on any atom is -0.462 e. The number of fused-ring (bicyclic) bond motifs is 2. The predicted molar refractivity (Wildman–Crippen MR) is 130 cm³/mol. The minimum atomic E-state index is -1.06. The fourth-order valence-electron chi connectivity index (χ4n) is 4.35. The number of benzene rings is 1. The zero-order chi connectivity index (χ0) is 26.9. The van der Waals surface area contributed by atoms with Crippen LogP contribution in [0.1, 0.15) is 61.8 Å². The molecular weight excluding hydrogens is 506 g/mol. The largest absolute Gasteiger partial charge is 0.462 e. The maximum absolute atomic E-state index is 12.6. The van der Waals surface area contributed by atoms with Crippen LogP contribution in [0.5, 0.6) is 0 Å². The van der Waals surface area contributed by atoms with Crippen LogP contribution in [-0.4, -0.2) is 59.2 Å². The maximum atomic E-state index is 12.6. The third kappa shape index (κ3) is 5.07. The van der Waals surface area contributed by atoms with E-state index in [0.717, 1.165) is 29.3 Å². The Morgan fingerprint density at radius 3 is 2.68 bits per heavy atom. The van der Waals surface area contributed by atoms with Gasteiger partial charge in [-0.15, -0.1) is 11.3 Å². The molecular formula is C24H23N3O9S. The van der Waals surface area contributed by atoms with E-state index < -0.39 is 59.0 Å². The molecule has 0 spiro atoms. The lowest BCUT2D eigenvalue weighted by Crippen LogP contribution is -2.36. The molecule has 4 rings (SSSR count). The fraction of sp³-hybridized carbons (Fsp3) is 0.375. The first-order valence-electron chi connectivity index (χ1n) is 11.5. The summed E-state index contributed by atoms with van der Waals surface area (Å²) in [5, 5.41) is 14.1. The topological polar surface area (TPSA) is 162 Å². The first-order chi connectivity index (χ1) is 17.6. The average Bonchev–Trinajstić information content (AvgIpc) is 3.32. The Morgan fingerprint density at radius 1 is 1.22 bits per heavy atom. The molecule has 2 aromatic rings. The normalized spacial score (nSPS) is 16.2. The van der Waals surface area contributed by atoms with E-state index in [1.165, 1.54) is 23.5 Å². The molecule has 0 radical (unpaired) electrons. The minimum absolute atomic E-state index is 0.172. The molecule has 37 heavy (non-hydrogen) atoms. The number of thiophene rings is 1.